The zero-order chi connectivity index (χ0) is 27.8. The van der Waals surface area contributed by atoms with Gasteiger partial charge in [-0.15, -0.1) is 0 Å². The van der Waals surface area contributed by atoms with E-state index >= 15 is 4.39 Å². The van der Waals surface area contributed by atoms with Gasteiger partial charge in [0.15, 0.2) is 0 Å². The van der Waals surface area contributed by atoms with Gasteiger partial charge in [-0.2, -0.15) is 0 Å². The molecular formula is C28H23FN4O5Se. The first-order chi connectivity index (χ1) is 18.9. The Balaban J connectivity index is 1.81. The molecule has 0 fully saturated rings. The van der Waals surface area contributed by atoms with Crippen molar-refractivity contribution in [3.8, 4) is 5.75 Å². The van der Waals surface area contributed by atoms with Gasteiger partial charge in [0.05, 0.1) is 0 Å². The number of benzene rings is 4. The molecule has 39 heavy (non-hydrogen) atoms. The van der Waals surface area contributed by atoms with Crippen LogP contribution in [0.25, 0.3) is 0 Å². The Morgan fingerprint density at radius 1 is 0.949 bits per heavy atom. The van der Waals surface area contributed by atoms with Crippen LogP contribution in [0.15, 0.2) is 102 Å². The Hall–Kier alpha value is -4.60. The van der Waals surface area contributed by atoms with E-state index in [0.717, 1.165) is 22.2 Å². The van der Waals surface area contributed by atoms with Gasteiger partial charge in [0.2, 0.25) is 0 Å². The molecule has 0 amide bonds. The van der Waals surface area contributed by atoms with E-state index in [-0.39, 0.29) is 26.2 Å². The number of nitro groups is 2. The fraction of sp³-hybridized carbons (Fsp3) is 0.107. The molecule has 0 unspecified atom stereocenters. The Morgan fingerprint density at radius 3 is 2.28 bits per heavy atom. The number of halogens is 1. The number of nitro benzene ring substituents is 2. The van der Waals surface area contributed by atoms with Crippen LogP contribution in [0.4, 0.5) is 21.5 Å². The van der Waals surface area contributed by atoms with E-state index in [1.54, 1.807) is 25.3 Å². The second kappa shape index (κ2) is 12.8. The first-order valence-electron chi connectivity index (χ1n) is 11.7. The molecule has 0 aliphatic carbocycles. The summed E-state index contributed by atoms with van der Waals surface area (Å²) >= 11 is -0.0166. The second-order valence-electron chi connectivity index (χ2n) is 8.25. The Bertz CT molecular complexity index is 1500. The normalized spacial score (nSPS) is 12.0. The number of ether oxygens (including phenoxy) is 1. The van der Waals surface area contributed by atoms with Crippen LogP contribution >= 0.6 is 0 Å². The van der Waals surface area contributed by atoms with Crippen LogP contribution in [0.2, 0.25) is 5.32 Å². The van der Waals surface area contributed by atoms with Crippen molar-refractivity contribution in [2.24, 2.45) is 5.10 Å². The Kier molecular flexibility index (Phi) is 8.98. The Morgan fingerprint density at radius 2 is 1.64 bits per heavy atom. The third kappa shape index (κ3) is 6.84. The van der Waals surface area contributed by atoms with Crippen LogP contribution < -0.4 is 14.6 Å². The number of methoxy groups -OCH3 is 1. The summed E-state index contributed by atoms with van der Waals surface area (Å²) in [7, 11) is 1.57. The van der Waals surface area contributed by atoms with Gasteiger partial charge in [0, 0.05) is 0 Å². The summed E-state index contributed by atoms with van der Waals surface area (Å²) < 4.78 is 21.6. The molecular weight excluding hydrogens is 570 g/mol. The van der Waals surface area contributed by atoms with Crippen LogP contribution in [-0.2, 0) is 0 Å². The molecule has 0 heterocycles. The molecule has 0 saturated carbocycles. The third-order valence-corrected chi connectivity index (χ3v) is 8.16. The molecule has 0 radical (unpaired) electrons. The minimum atomic E-state index is -0.729. The van der Waals surface area contributed by atoms with Gasteiger partial charge in [-0.25, -0.2) is 0 Å². The molecule has 0 aliphatic heterocycles. The van der Waals surface area contributed by atoms with Crippen LogP contribution in [0, 0.1) is 26.0 Å². The summed E-state index contributed by atoms with van der Waals surface area (Å²) in [5.41, 5.74) is 3.13. The second-order valence-corrected chi connectivity index (χ2v) is 10.5. The molecule has 4 aromatic carbocycles. The van der Waals surface area contributed by atoms with Gasteiger partial charge in [0.25, 0.3) is 0 Å². The summed E-state index contributed by atoms with van der Waals surface area (Å²) in [6.07, 6.45) is 0. The van der Waals surface area contributed by atoms with Crippen molar-refractivity contribution in [1.82, 2.24) is 0 Å². The number of nitrogens with zero attached hydrogens (tertiary/aromatic N) is 3. The topological polar surface area (TPSA) is 120 Å². The van der Waals surface area contributed by atoms with Crippen LogP contribution in [0.5, 0.6) is 5.75 Å². The molecule has 9 nitrogen and oxygen atoms in total. The van der Waals surface area contributed by atoms with Crippen molar-refractivity contribution in [3.05, 3.63) is 134 Å². The third-order valence-electron chi connectivity index (χ3n) is 5.84. The number of rotatable bonds is 11. The first-order valence-corrected chi connectivity index (χ1v) is 13.8. The molecule has 0 spiro atoms. The van der Waals surface area contributed by atoms with E-state index in [2.05, 4.69) is 10.5 Å². The number of non-ortho nitro benzene ring substituents is 1. The van der Waals surface area contributed by atoms with Crippen molar-refractivity contribution in [1.29, 1.82) is 0 Å². The summed E-state index contributed by atoms with van der Waals surface area (Å²) in [6.45, 7) is 0. The van der Waals surface area contributed by atoms with Crippen LogP contribution in [0.1, 0.15) is 17.0 Å². The van der Waals surface area contributed by atoms with Crippen molar-refractivity contribution in [3.63, 3.8) is 0 Å². The fourth-order valence-corrected chi connectivity index (χ4v) is 6.08. The predicted molar refractivity (Wildman–Crippen MR) is 149 cm³/mol. The molecule has 1 N–H and O–H groups in total. The quantitative estimate of drug-likeness (QED) is 0.103. The minimum absolute atomic E-state index is 0.0166. The first kappa shape index (κ1) is 27.4. The van der Waals surface area contributed by atoms with E-state index in [4.69, 9.17) is 4.74 Å². The van der Waals surface area contributed by atoms with Crippen LogP contribution in [-0.4, -0.2) is 37.6 Å². The molecule has 4 aromatic rings. The van der Waals surface area contributed by atoms with Crippen molar-refractivity contribution in [2.45, 2.75) is 11.2 Å². The van der Waals surface area contributed by atoms with Gasteiger partial charge >= 0.3 is 230 Å². The molecule has 0 aliphatic rings. The van der Waals surface area contributed by atoms with Gasteiger partial charge in [-0.05, 0) is 0 Å². The Labute approximate surface area is 229 Å². The van der Waals surface area contributed by atoms with E-state index < -0.39 is 33.0 Å². The van der Waals surface area contributed by atoms with E-state index in [1.807, 2.05) is 54.6 Å². The summed E-state index contributed by atoms with van der Waals surface area (Å²) in [6, 6.07) is 26.7. The zero-order valence-electron chi connectivity index (χ0n) is 20.7. The standard InChI is InChI=1S/C28H23FN4O5Se/c1-38-21-14-11-19(12-15-21)24(18-39-22-7-3-2-4-8-22)28(23-9-5-6-10-25(23)29)31-30-26-16-13-20(32(34)35)17-27(26)33(36)37/h2-17,24,30H,18H2,1H3/b31-28+/t24-/m0/s1. The molecule has 198 valence electrons. The molecule has 11 heteroatoms. The van der Waals surface area contributed by atoms with Crippen LogP contribution in [0.3, 0.4) is 0 Å². The summed E-state index contributed by atoms with van der Waals surface area (Å²) in [4.78, 5) is 21.4. The number of hydrazone groups is 1. The predicted octanol–water partition coefficient (Wildman–Crippen LogP) is 5.70. The summed E-state index contributed by atoms with van der Waals surface area (Å²) in [5.74, 6) is -0.227. The maximum atomic E-state index is 15.2. The number of hydrogen-bond donors (Lipinski definition) is 1. The average molecular weight is 593 g/mol. The van der Waals surface area contributed by atoms with Crippen molar-refractivity contribution >= 4 is 42.2 Å². The van der Waals surface area contributed by atoms with Gasteiger partial charge < -0.3 is 0 Å². The molecule has 0 aromatic heterocycles. The molecule has 4 rings (SSSR count). The molecule has 1 atom stereocenters. The van der Waals surface area contributed by atoms with E-state index in [0.29, 0.717) is 16.8 Å². The van der Waals surface area contributed by atoms with Gasteiger partial charge in [0.1, 0.15) is 0 Å². The van der Waals surface area contributed by atoms with Gasteiger partial charge in [-0.3, -0.25) is 0 Å². The van der Waals surface area contributed by atoms with E-state index in [9.17, 15) is 20.2 Å². The van der Waals surface area contributed by atoms with E-state index in [1.165, 1.54) is 12.1 Å². The number of hydrogen-bond acceptors (Lipinski definition) is 7. The van der Waals surface area contributed by atoms with Gasteiger partial charge in [-0.1, -0.05) is 0 Å². The fourth-order valence-electron chi connectivity index (χ4n) is 3.86. The molecule has 0 bridgehead atoms. The average Bonchev–Trinajstić information content (AvgIpc) is 2.95. The maximum absolute atomic E-state index is 15.2. The van der Waals surface area contributed by atoms with Crippen molar-refractivity contribution in [2.75, 3.05) is 12.5 Å². The number of anilines is 1. The summed E-state index contributed by atoms with van der Waals surface area (Å²) in [5, 5.41) is 27.9. The molecule has 0 saturated heterocycles. The SMILES string of the molecule is COc1ccc([C@H](C[Se]c2ccccc2)/C(=N/Nc2ccc([N+](=O)[O-])cc2[N+](=O)[O-])c2ccccc2F)cc1. The number of nitrogens with one attached hydrogen (secondary N) is 1. The van der Waals surface area contributed by atoms with Crippen molar-refractivity contribution < 1.29 is 19.0 Å². The zero-order valence-corrected chi connectivity index (χ0v) is 22.4. The monoisotopic (exact) mass is 594 g/mol.